The van der Waals surface area contributed by atoms with Gasteiger partial charge in [-0.2, -0.15) is 0 Å². The summed E-state index contributed by atoms with van der Waals surface area (Å²) < 4.78 is 4.95. The first-order chi connectivity index (χ1) is 11.4. The normalized spacial score (nSPS) is 17.8. The minimum atomic E-state index is -1.00. The van der Waals surface area contributed by atoms with Gasteiger partial charge in [-0.1, -0.05) is 24.8 Å². The summed E-state index contributed by atoms with van der Waals surface area (Å²) in [6.07, 6.45) is 1.86. The molecule has 24 heavy (non-hydrogen) atoms. The van der Waals surface area contributed by atoms with Crippen molar-refractivity contribution in [3.63, 3.8) is 0 Å². The zero-order valence-corrected chi connectivity index (χ0v) is 14.1. The Morgan fingerprint density at radius 1 is 1.46 bits per heavy atom. The van der Waals surface area contributed by atoms with Gasteiger partial charge in [0.25, 0.3) is 0 Å². The molecule has 6 nitrogen and oxygen atoms in total. The fraction of sp³-hybridized carbons (Fsp3) is 0.353. The number of amides is 1. The Kier molecular flexibility index (Phi) is 6.03. The zero-order chi connectivity index (χ0) is 17.7. The standard InChI is InChI=1S/C17H19NO5S/c1-3-8-23-17(22)13-6-4-12(5-7-13)10-24-15-9-14(19)18(15)11(2)16(20)21/h3-7,11,15H,1,8-10H2,2H3,(H,20,21)/t11?,15-/m1/s1. The number of likely N-dealkylation sites (tertiary alicyclic amines) is 1. The lowest BCUT2D eigenvalue weighted by Crippen LogP contribution is -2.57. The topological polar surface area (TPSA) is 83.9 Å². The molecule has 1 saturated heterocycles. The smallest absolute Gasteiger partial charge is 0.338 e. The van der Waals surface area contributed by atoms with Crippen LogP contribution in [0.25, 0.3) is 0 Å². The van der Waals surface area contributed by atoms with E-state index in [9.17, 15) is 14.4 Å². The van der Waals surface area contributed by atoms with Crippen LogP contribution in [-0.4, -0.2) is 45.9 Å². The van der Waals surface area contributed by atoms with Crippen molar-refractivity contribution in [3.05, 3.63) is 48.0 Å². The summed E-state index contributed by atoms with van der Waals surface area (Å²) >= 11 is 1.51. The van der Waals surface area contributed by atoms with Gasteiger partial charge < -0.3 is 14.7 Å². The third-order valence-electron chi connectivity index (χ3n) is 3.69. The Bertz CT molecular complexity index is 643. The lowest BCUT2D eigenvalue weighted by molar-refractivity contribution is -0.156. The first kappa shape index (κ1) is 18.1. The van der Waals surface area contributed by atoms with Gasteiger partial charge in [0.1, 0.15) is 12.6 Å². The number of nitrogens with zero attached hydrogens (tertiary/aromatic N) is 1. The summed E-state index contributed by atoms with van der Waals surface area (Å²) in [5.41, 5.74) is 1.45. The van der Waals surface area contributed by atoms with E-state index in [0.29, 0.717) is 17.7 Å². The van der Waals surface area contributed by atoms with Crippen molar-refractivity contribution in [2.24, 2.45) is 0 Å². The number of ether oxygens (including phenoxy) is 1. The predicted octanol–water partition coefficient (Wildman–Crippen LogP) is 2.29. The highest BCUT2D eigenvalue weighted by atomic mass is 32.2. The second-order valence-electron chi connectivity index (χ2n) is 5.37. The monoisotopic (exact) mass is 349 g/mol. The maximum Gasteiger partial charge on any atom is 0.338 e. The first-order valence-corrected chi connectivity index (χ1v) is 8.51. The van der Waals surface area contributed by atoms with E-state index >= 15 is 0 Å². The van der Waals surface area contributed by atoms with Gasteiger partial charge in [0.05, 0.1) is 17.4 Å². The van der Waals surface area contributed by atoms with Crippen molar-refractivity contribution in [2.75, 3.05) is 6.61 Å². The average Bonchev–Trinajstić information content (AvgIpc) is 2.56. The van der Waals surface area contributed by atoms with Crippen LogP contribution >= 0.6 is 11.8 Å². The summed E-state index contributed by atoms with van der Waals surface area (Å²) in [5.74, 6) is -0.915. The molecule has 1 aliphatic heterocycles. The van der Waals surface area contributed by atoms with Gasteiger partial charge in [-0.15, -0.1) is 11.8 Å². The fourth-order valence-corrected chi connectivity index (χ4v) is 3.57. The molecule has 0 aliphatic carbocycles. The molecular weight excluding hydrogens is 330 g/mol. The molecule has 1 fully saturated rings. The number of hydrogen-bond donors (Lipinski definition) is 1. The van der Waals surface area contributed by atoms with Crippen LogP contribution in [0.3, 0.4) is 0 Å². The van der Waals surface area contributed by atoms with Crippen LogP contribution in [0.1, 0.15) is 29.3 Å². The largest absolute Gasteiger partial charge is 0.480 e. The highest BCUT2D eigenvalue weighted by Gasteiger charge is 2.41. The number of carbonyl (C=O) groups excluding carboxylic acids is 2. The summed E-state index contributed by atoms with van der Waals surface area (Å²) in [7, 11) is 0. The van der Waals surface area contributed by atoms with E-state index in [1.807, 2.05) is 12.1 Å². The Morgan fingerprint density at radius 3 is 2.67 bits per heavy atom. The minimum absolute atomic E-state index is 0.124. The molecule has 1 amide bonds. The molecule has 1 aliphatic rings. The molecule has 0 aromatic heterocycles. The molecule has 2 atom stereocenters. The van der Waals surface area contributed by atoms with Crippen molar-refractivity contribution in [1.29, 1.82) is 0 Å². The van der Waals surface area contributed by atoms with Crippen molar-refractivity contribution in [1.82, 2.24) is 4.90 Å². The zero-order valence-electron chi connectivity index (χ0n) is 13.3. The van der Waals surface area contributed by atoms with Gasteiger partial charge in [-0.3, -0.25) is 4.79 Å². The SMILES string of the molecule is C=CCOC(=O)c1ccc(CS[C@@H]2CC(=O)N2C(C)C(=O)O)cc1. The lowest BCUT2D eigenvalue weighted by atomic mass is 10.1. The van der Waals surface area contributed by atoms with Crippen molar-refractivity contribution < 1.29 is 24.2 Å². The van der Waals surface area contributed by atoms with Gasteiger partial charge >= 0.3 is 11.9 Å². The fourth-order valence-electron chi connectivity index (χ4n) is 2.27. The number of β-lactam (4-membered cyclic amide) rings is 1. The van der Waals surface area contributed by atoms with Crippen LogP contribution < -0.4 is 0 Å². The minimum Gasteiger partial charge on any atom is -0.480 e. The molecule has 7 heteroatoms. The number of benzene rings is 1. The molecule has 1 aromatic carbocycles. The Labute approximate surface area is 144 Å². The second kappa shape index (κ2) is 8.01. The summed E-state index contributed by atoms with van der Waals surface area (Å²) in [6, 6.07) is 6.20. The van der Waals surface area contributed by atoms with Crippen molar-refractivity contribution >= 4 is 29.6 Å². The lowest BCUT2D eigenvalue weighted by Gasteiger charge is -2.42. The molecule has 0 radical (unpaired) electrons. The summed E-state index contributed by atoms with van der Waals surface area (Å²) in [5, 5.41) is 8.91. The third-order valence-corrected chi connectivity index (χ3v) is 4.96. The maximum atomic E-state index is 11.7. The molecule has 1 heterocycles. The Hall–Kier alpha value is -2.28. The summed E-state index contributed by atoms with van der Waals surface area (Å²) in [4.78, 5) is 35.7. The van der Waals surface area contributed by atoms with E-state index in [1.165, 1.54) is 29.7 Å². The molecule has 2 rings (SSSR count). The second-order valence-corrected chi connectivity index (χ2v) is 6.54. The Balaban J connectivity index is 1.88. The van der Waals surface area contributed by atoms with Gasteiger partial charge in [-0.25, -0.2) is 9.59 Å². The molecule has 1 aromatic rings. The van der Waals surface area contributed by atoms with Crippen LogP contribution in [0.15, 0.2) is 36.9 Å². The van der Waals surface area contributed by atoms with Gasteiger partial charge in [0.15, 0.2) is 0 Å². The molecule has 0 spiro atoms. The van der Waals surface area contributed by atoms with E-state index in [0.717, 1.165) is 5.56 Å². The maximum absolute atomic E-state index is 11.7. The van der Waals surface area contributed by atoms with E-state index in [4.69, 9.17) is 9.84 Å². The molecule has 0 saturated carbocycles. The quantitative estimate of drug-likeness (QED) is 0.440. The molecule has 128 valence electrons. The molecular formula is C17H19NO5S. The summed E-state index contributed by atoms with van der Waals surface area (Å²) in [6.45, 7) is 5.17. The molecule has 0 bridgehead atoms. The van der Waals surface area contributed by atoms with Crippen LogP contribution in [0, 0.1) is 0 Å². The van der Waals surface area contributed by atoms with E-state index in [1.54, 1.807) is 12.1 Å². The number of hydrogen-bond acceptors (Lipinski definition) is 5. The number of carboxylic acid groups (broad SMARTS) is 1. The number of esters is 1. The van der Waals surface area contributed by atoms with Gasteiger partial charge in [0, 0.05) is 5.75 Å². The number of thioether (sulfide) groups is 1. The number of rotatable bonds is 8. The average molecular weight is 349 g/mol. The highest BCUT2D eigenvalue weighted by molar-refractivity contribution is 7.99. The Morgan fingerprint density at radius 2 is 2.12 bits per heavy atom. The van der Waals surface area contributed by atoms with E-state index in [-0.39, 0.29) is 17.9 Å². The molecule has 1 unspecified atom stereocenters. The first-order valence-electron chi connectivity index (χ1n) is 7.46. The van der Waals surface area contributed by atoms with Crippen LogP contribution in [-0.2, 0) is 20.1 Å². The third kappa shape index (κ3) is 4.17. The van der Waals surface area contributed by atoms with Crippen molar-refractivity contribution in [2.45, 2.75) is 30.5 Å². The highest BCUT2D eigenvalue weighted by Crippen LogP contribution is 2.33. The van der Waals surface area contributed by atoms with E-state index in [2.05, 4.69) is 6.58 Å². The van der Waals surface area contributed by atoms with Crippen LogP contribution in [0.2, 0.25) is 0 Å². The van der Waals surface area contributed by atoms with Crippen LogP contribution in [0.4, 0.5) is 0 Å². The van der Waals surface area contributed by atoms with Gasteiger partial charge in [-0.05, 0) is 24.6 Å². The number of carboxylic acids is 1. The number of aliphatic carboxylic acids is 1. The number of carbonyl (C=O) groups is 3. The predicted molar refractivity (Wildman–Crippen MR) is 90.6 cm³/mol. The van der Waals surface area contributed by atoms with Gasteiger partial charge in [0.2, 0.25) is 5.91 Å². The van der Waals surface area contributed by atoms with E-state index < -0.39 is 18.0 Å². The van der Waals surface area contributed by atoms with Crippen LogP contribution in [0.5, 0.6) is 0 Å². The van der Waals surface area contributed by atoms with Crippen molar-refractivity contribution in [3.8, 4) is 0 Å². The molecule has 1 N–H and O–H groups in total.